The van der Waals surface area contributed by atoms with Crippen LogP contribution in [0.25, 0.3) is 21.8 Å². The van der Waals surface area contributed by atoms with Crippen molar-refractivity contribution in [2.45, 2.75) is 13.1 Å². The molecule has 0 amide bonds. The number of halogens is 2. The molecule has 0 saturated heterocycles. The summed E-state index contributed by atoms with van der Waals surface area (Å²) in [5, 5.41) is 21.0. The zero-order valence-corrected chi connectivity index (χ0v) is 21.6. The Kier molecular flexibility index (Phi) is 5.97. The third-order valence-electron chi connectivity index (χ3n) is 5.37. The molecule has 0 fully saturated rings. The molecule has 3 heterocycles. The van der Waals surface area contributed by atoms with Gasteiger partial charge in [-0.05, 0) is 81.6 Å². The zero-order valence-electron chi connectivity index (χ0n) is 17.3. The molecule has 9 nitrogen and oxygen atoms in total. The Labute approximate surface area is 219 Å². The van der Waals surface area contributed by atoms with E-state index in [9.17, 15) is 19.8 Å². The number of fused-ring (bicyclic) bond motifs is 2. The number of aromatic nitrogens is 5. The maximum absolute atomic E-state index is 12.9. The minimum atomic E-state index is -0.284. The first-order chi connectivity index (χ1) is 16.3. The largest absolute Gasteiger partial charge is 0.505 e. The van der Waals surface area contributed by atoms with E-state index >= 15 is 0 Å². The summed E-state index contributed by atoms with van der Waals surface area (Å²) >= 11 is 3.97. The van der Waals surface area contributed by atoms with Gasteiger partial charge in [0.1, 0.15) is 11.0 Å². The van der Waals surface area contributed by atoms with Crippen molar-refractivity contribution in [3.05, 3.63) is 94.4 Å². The van der Waals surface area contributed by atoms with Crippen LogP contribution in [-0.4, -0.2) is 34.3 Å². The van der Waals surface area contributed by atoms with Crippen LogP contribution in [0.2, 0.25) is 0 Å². The number of nitrogens with zero attached hydrogens (tertiary/aromatic N) is 5. The van der Waals surface area contributed by atoms with Gasteiger partial charge in [-0.1, -0.05) is 6.07 Å². The molecule has 0 aliphatic carbocycles. The maximum Gasteiger partial charge on any atom is 0.261 e. The van der Waals surface area contributed by atoms with Crippen molar-refractivity contribution in [2.75, 3.05) is 0 Å². The second-order valence-electron chi connectivity index (χ2n) is 7.56. The lowest BCUT2D eigenvalue weighted by atomic mass is 10.2. The summed E-state index contributed by atoms with van der Waals surface area (Å²) < 4.78 is 4.09. The molecule has 0 unspecified atom stereocenters. The summed E-state index contributed by atoms with van der Waals surface area (Å²) in [6, 6.07) is 12.0. The van der Waals surface area contributed by atoms with Crippen LogP contribution in [-0.2, 0) is 13.1 Å². The average molecular weight is 679 g/mol. The third kappa shape index (κ3) is 4.02. The fourth-order valence-corrected chi connectivity index (χ4v) is 4.54. The Balaban J connectivity index is 1.46. The first kappa shape index (κ1) is 22.7. The van der Waals surface area contributed by atoms with Crippen molar-refractivity contribution >= 4 is 67.0 Å². The minimum absolute atomic E-state index is 0.0139. The molecule has 0 atom stereocenters. The van der Waals surface area contributed by atoms with E-state index in [1.165, 1.54) is 21.8 Å². The summed E-state index contributed by atoms with van der Waals surface area (Å²) in [6.45, 7) is 0.360. The fourth-order valence-electron chi connectivity index (χ4n) is 3.67. The fraction of sp³-hybridized carbons (Fsp3) is 0.0870. The highest BCUT2D eigenvalue weighted by molar-refractivity contribution is 14.1. The molecule has 5 aromatic rings. The van der Waals surface area contributed by atoms with Crippen LogP contribution >= 0.6 is 45.2 Å². The predicted molar refractivity (Wildman–Crippen MR) is 143 cm³/mol. The summed E-state index contributed by atoms with van der Waals surface area (Å²) in [6.07, 6.45) is 2.78. The van der Waals surface area contributed by atoms with Gasteiger partial charge >= 0.3 is 0 Å². The summed E-state index contributed by atoms with van der Waals surface area (Å²) in [5.41, 5.74) is 1.19. The van der Waals surface area contributed by atoms with E-state index < -0.39 is 0 Å². The van der Waals surface area contributed by atoms with Crippen LogP contribution in [0.15, 0.2) is 64.7 Å². The molecule has 0 bridgehead atoms. The van der Waals surface area contributed by atoms with E-state index in [-0.39, 0.29) is 46.7 Å². The van der Waals surface area contributed by atoms with E-state index in [0.717, 1.165) is 0 Å². The molecule has 0 radical (unpaired) electrons. The van der Waals surface area contributed by atoms with Gasteiger partial charge in [0.05, 0.1) is 55.0 Å². The quantitative estimate of drug-likeness (QED) is 0.280. The van der Waals surface area contributed by atoms with Crippen LogP contribution in [0, 0.1) is 7.14 Å². The first-order valence-corrected chi connectivity index (χ1v) is 12.2. The van der Waals surface area contributed by atoms with E-state index in [4.69, 9.17) is 0 Å². The van der Waals surface area contributed by atoms with Crippen molar-refractivity contribution in [3.63, 3.8) is 0 Å². The van der Waals surface area contributed by atoms with Gasteiger partial charge in [-0.15, -0.1) is 0 Å². The van der Waals surface area contributed by atoms with E-state index in [1.54, 1.807) is 42.5 Å². The molecule has 5 rings (SSSR count). The topological polar surface area (TPSA) is 123 Å². The highest BCUT2D eigenvalue weighted by atomic mass is 127. The summed E-state index contributed by atoms with van der Waals surface area (Å²) in [4.78, 5) is 38.9. The van der Waals surface area contributed by atoms with Gasteiger partial charge in [0, 0.05) is 0 Å². The molecule has 11 heteroatoms. The lowest BCUT2D eigenvalue weighted by Crippen LogP contribution is -2.23. The lowest BCUT2D eigenvalue weighted by molar-refractivity contribution is 0.475. The van der Waals surface area contributed by atoms with Crippen molar-refractivity contribution in [2.24, 2.45) is 0 Å². The van der Waals surface area contributed by atoms with Gasteiger partial charge in [0.25, 0.3) is 11.1 Å². The minimum Gasteiger partial charge on any atom is -0.505 e. The van der Waals surface area contributed by atoms with Crippen molar-refractivity contribution in [3.8, 4) is 11.5 Å². The Hall–Kier alpha value is -3.07. The Morgan fingerprint density at radius 2 is 1.15 bits per heavy atom. The molecule has 0 spiro atoms. The van der Waals surface area contributed by atoms with E-state index in [2.05, 4.69) is 15.0 Å². The average Bonchev–Trinajstić information content (AvgIpc) is 2.82. The molecule has 2 aromatic carbocycles. The monoisotopic (exact) mass is 679 g/mol. The Morgan fingerprint density at radius 1 is 0.706 bits per heavy atom. The molecular formula is C23H15I2N5O4. The van der Waals surface area contributed by atoms with E-state index in [0.29, 0.717) is 29.3 Å². The van der Waals surface area contributed by atoms with Gasteiger partial charge in [-0.2, -0.15) is 0 Å². The molecule has 34 heavy (non-hydrogen) atoms. The van der Waals surface area contributed by atoms with Gasteiger partial charge in [-0.25, -0.2) is 9.97 Å². The molecule has 0 aliphatic rings. The molecular weight excluding hydrogens is 664 g/mol. The van der Waals surface area contributed by atoms with Crippen molar-refractivity contribution in [1.82, 2.24) is 24.1 Å². The third-order valence-corrected chi connectivity index (χ3v) is 7.11. The van der Waals surface area contributed by atoms with Crippen LogP contribution < -0.4 is 11.1 Å². The van der Waals surface area contributed by atoms with Gasteiger partial charge < -0.3 is 10.2 Å². The maximum atomic E-state index is 12.9. The van der Waals surface area contributed by atoms with Crippen LogP contribution in [0.5, 0.6) is 11.5 Å². The summed E-state index contributed by atoms with van der Waals surface area (Å²) in [5.74, 6) is -0.0279. The number of rotatable bonds is 4. The number of phenolic OH excluding ortho intramolecular Hbond substituents is 2. The van der Waals surface area contributed by atoms with Gasteiger partial charge in [0.15, 0.2) is 11.5 Å². The number of aromatic hydroxyl groups is 2. The van der Waals surface area contributed by atoms with Crippen molar-refractivity contribution < 1.29 is 10.2 Å². The highest BCUT2D eigenvalue weighted by Gasteiger charge is 2.13. The lowest BCUT2D eigenvalue weighted by Gasteiger charge is -2.10. The van der Waals surface area contributed by atoms with Gasteiger partial charge in [0.2, 0.25) is 0 Å². The van der Waals surface area contributed by atoms with Crippen LogP contribution in [0.1, 0.15) is 11.4 Å². The van der Waals surface area contributed by atoms with Crippen LogP contribution in [0.3, 0.4) is 0 Å². The number of phenols is 2. The predicted octanol–water partition coefficient (Wildman–Crippen LogP) is 3.22. The zero-order chi connectivity index (χ0) is 24.0. The Bertz CT molecular complexity index is 1590. The number of hydrogen-bond donors (Lipinski definition) is 2. The number of hydrogen-bond acceptors (Lipinski definition) is 7. The van der Waals surface area contributed by atoms with E-state index in [1.807, 2.05) is 45.2 Å². The molecule has 2 N–H and O–H groups in total. The summed E-state index contributed by atoms with van der Waals surface area (Å²) in [7, 11) is 0. The SMILES string of the molecule is O=c1c2ccc(I)c(O)c2ncn1Cc1cccc(Cn2cnc3c(O)c(I)ccc3c2=O)n1. The molecule has 3 aromatic heterocycles. The molecule has 0 saturated carbocycles. The number of pyridine rings is 1. The normalized spacial score (nSPS) is 11.4. The second kappa shape index (κ2) is 8.94. The van der Waals surface area contributed by atoms with Crippen LogP contribution in [0.4, 0.5) is 0 Å². The second-order valence-corrected chi connectivity index (χ2v) is 9.88. The molecule has 170 valence electrons. The van der Waals surface area contributed by atoms with Crippen molar-refractivity contribution in [1.29, 1.82) is 0 Å². The smallest absolute Gasteiger partial charge is 0.261 e. The first-order valence-electron chi connectivity index (χ1n) is 10.0. The highest BCUT2D eigenvalue weighted by Crippen LogP contribution is 2.27. The molecule has 0 aliphatic heterocycles. The van der Waals surface area contributed by atoms with Gasteiger partial charge in [-0.3, -0.25) is 23.7 Å². The Morgan fingerprint density at radius 3 is 1.59 bits per heavy atom. The number of benzene rings is 2. The standard InChI is InChI=1S/C23H15I2N5O4/c24-16-6-4-14-18(20(16)31)26-10-29(22(14)33)8-12-2-1-3-13(28-12)9-30-11-27-19-15(23(30)34)5-7-17(25)21(19)32/h1-7,10-11,31-32H,8-9H2.